The number of anilines is 1. The first-order valence-electron chi connectivity index (χ1n) is 9.12. The molecule has 2 heterocycles. The van der Waals surface area contributed by atoms with Crippen LogP contribution in [0.15, 0.2) is 47.2 Å². The van der Waals surface area contributed by atoms with Crippen molar-refractivity contribution in [1.29, 1.82) is 0 Å². The summed E-state index contributed by atoms with van der Waals surface area (Å²) in [5.74, 6) is -0.234. The Morgan fingerprint density at radius 1 is 1.07 bits per heavy atom. The first kappa shape index (κ1) is 21.5. The molecule has 0 aliphatic rings. The van der Waals surface area contributed by atoms with Crippen LogP contribution in [-0.4, -0.2) is 22.3 Å². The van der Waals surface area contributed by atoms with Crippen LogP contribution in [0, 0.1) is 0 Å². The zero-order chi connectivity index (χ0) is 20.9. The standard InChI is InChI=1S/C21H22ClN3O2S2/c1-21(2,12-14-6-3-4-8-17(14)22)25-19(27)10-15-13-29-20(23-15)24-18(26)11-16-7-5-9-28-16/h3-9,13H,10-12H2,1-2H3,(H,25,27)(H,23,24,26). The SMILES string of the molecule is CC(C)(Cc1ccccc1Cl)NC(=O)Cc1csc(NC(=O)Cc2cccs2)n1. The van der Waals surface area contributed by atoms with Crippen molar-refractivity contribution in [3.63, 3.8) is 0 Å². The average molecular weight is 448 g/mol. The highest BCUT2D eigenvalue weighted by Crippen LogP contribution is 2.21. The van der Waals surface area contributed by atoms with Gasteiger partial charge in [0.2, 0.25) is 11.8 Å². The average Bonchev–Trinajstić information content (AvgIpc) is 3.28. The number of nitrogens with zero attached hydrogens (tertiary/aromatic N) is 1. The van der Waals surface area contributed by atoms with E-state index in [2.05, 4.69) is 15.6 Å². The number of aromatic nitrogens is 1. The Bertz CT molecular complexity index is 983. The van der Waals surface area contributed by atoms with Crippen LogP contribution in [0.2, 0.25) is 5.02 Å². The first-order chi connectivity index (χ1) is 13.8. The lowest BCUT2D eigenvalue weighted by atomic mass is 9.94. The van der Waals surface area contributed by atoms with Gasteiger partial charge in [0.25, 0.3) is 0 Å². The third kappa shape index (κ3) is 6.66. The summed E-state index contributed by atoms with van der Waals surface area (Å²) in [5, 5.41) is 10.8. The highest BCUT2D eigenvalue weighted by molar-refractivity contribution is 7.14. The van der Waals surface area contributed by atoms with Crippen LogP contribution in [0.25, 0.3) is 0 Å². The van der Waals surface area contributed by atoms with Gasteiger partial charge in [-0.15, -0.1) is 22.7 Å². The first-order valence-corrected chi connectivity index (χ1v) is 11.3. The highest BCUT2D eigenvalue weighted by Gasteiger charge is 2.22. The van der Waals surface area contributed by atoms with Crippen molar-refractivity contribution in [2.45, 2.75) is 38.6 Å². The Labute approximate surface area is 183 Å². The molecule has 0 saturated carbocycles. The molecule has 29 heavy (non-hydrogen) atoms. The fourth-order valence-electron chi connectivity index (χ4n) is 2.93. The maximum atomic E-state index is 12.5. The van der Waals surface area contributed by atoms with Gasteiger partial charge in [0.05, 0.1) is 18.5 Å². The van der Waals surface area contributed by atoms with Crippen LogP contribution in [0.4, 0.5) is 5.13 Å². The van der Waals surface area contributed by atoms with Gasteiger partial charge in [-0.05, 0) is 43.3 Å². The number of carbonyl (C=O) groups excluding carboxylic acids is 2. The molecule has 5 nitrogen and oxygen atoms in total. The fourth-order valence-corrected chi connectivity index (χ4v) is 4.56. The fraction of sp³-hybridized carbons (Fsp3) is 0.286. The lowest BCUT2D eigenvalue weighted by molar-refractivity contribution is -0.122. The van der Waals surface area contributed by atoms with E-state index in [0.717, 1.165) is 10.4 Å². The molecular formula is C21H22ClN3O2S2. The number of benzene rings is 1. The van der Waals surface area contributed by atoms with Crippen LogP contribution in [-0.2, 0) is 28.9 Å². The molecule has 3 rings (SSSR count). The topological polar surface area (TPSA) is 71.1 Å². The Morgan fingerprint density at radius 2 is 1.86 bits per heavy atom. The molecule has 2 amide bonds. The molecular weight excluding hydrogens is 426 g/mol. The number of thiophene rings is 1. The van der Waals surface area contributed by atoms with Gasteiger partial charge in [0.1, 0.15) is 0 Å². The molecule has 3 aromatic rings. The van der Waals surface area contributed by atoms with Crippen molar-refractivity contribution in [3.05, 3.63) is 68.3 Å². The van der Waals surface area contributed by atoms with Crippen molar-refractivity contribution in [2.75, 3.05) is 5.32 Å². The summed E-state index contributed by atoms with van der Waals surface area (Å²) in [6.45, 7) is 3.93. The predicted octanol–water partition coefficient (Wildman–Crippen LogP) is 4.72. The molecule has 0 atom stereocenters. The van der Waals surface area contributed by atoms with E-state index in [9.17, 15) is 9.59 Å². The largest absolute Gasteiger partial charge is 0.351 e. The summed E-state index contributed by atoms with van der Waals surface area (Å²) in [5.41, 5.74) is 1.17. The quantitative estimate of drug-likeness (QED) is 0.524. The number of hydrogen-bond acceptors (Lipinski definition) is 5. The van der Waals surface area contributed by atoms with Crippen molar-refractivity contribution >= 4 is 51.2 Å². The summed E-state index contributed by atoms with van der Waals surface area (Å²) in [6.07, 6.45) is 1.10. The summed E-state index contributed by atoms with van der Waals surface area (Å²) in [4.78, 5) is 29.9. The summed E-state index contributed by atoms with van der Waals surface area (Å²) < 4.78 is 0. The van der Waals surface area contributed by atoms with Crippen molar-refractivity contribution < 1.29 is 9.59 Å². The third-order valence-corrected chi connectivity index (χ3v) is 6.17. The van der Waals surface area contributed by atoms with Gasteiger partial charge in [-0.3, -0.25) is 9.59 Å². The number of thiazole rings is 1. The minimum Gasteiger partial charge on any atom is -0.351 e. The maximum Gasteiger partial charge on any atom is 0.231 e. The lowest BCUT2D eigenvalue weighted by Crippen LogP contribution is -2.45. The normalized spacial score (nSPS) is 11.3. The molecule has 0 saturated heterocycles. The maximum absolute atomic E-state index is 12.5. The van der Waals surface area contributed by atoms with Crippen LogP contribution < -0.4 is 10.6 Å². The van der Waals surface area contributed by atoms with Crippen molar-refractivity contribution in [2.24, 2.45) is 0 Å². The summed E-state index contributed by atoms with van der Waals surface area (Å²) in [6, 6.07) is 11.5. The van der Waals surface area contributed by atoms with Gasteiger partial charge >= 0.3 is 0 Å². The Kier molecular flexibility index (Phi) is 7.05. The van der Waals surface area contributed by atoms with E-state index >= 15 is 0 Å². The smallest absolute Gasteiger partial charge is 0.231 e. The molecule has 0 aliphatic heterocycles. The second-order valence-electron chi connectivity index (χ2n) is 7.33. The van der Waals surface area contributed by atoms with Gasteiger partial charge in [-0.2, -0.15) is 0 Å². The number of amides is 2. The second-order valence-corrected chi connectivity index (χ2v) is 9.62. The van der Waals surface area contributed by atoms with Crippen LogP contribution in [0.1, 0.15) is 30.0 Å². The van der Waals surface area contributed by atoms with Gasteiger partial charge in [-0.1, -0.05) is 35.9 Å². The molecule has 0 spiro atoms. The Hall–Kier alpha value is -2.22. The Balaban J connectivity index is 1.51. The van der Waals surface area contributed by atoms with Crippen LogP contribution in [0.3, 0.4) is 0 Å². The van der Waals surface area contributed by atoms with E-state index in [1.54, 1.807) is 16.7 Å². The highest BCUT2D eigenvalue weighted by atomic mass is 35.5. The molecule has 0 bridgehead atoms. The summed E-state index contributed by atoms with van der Waals surface area (Å²) in [7, 11) is 0. The molecule has 1 aromatic carbocycles. The summed E-state index contributed by atoms with van der Waals surface area (Å²) >= 11 is 9.09. The predicted molar refractivity (Wildman–Crippen MR) is 120 cm³/mol. The van der Waals surface area contributed by atoms with E-state index in [-0.39, 0.29) is 18.2 Å². The third-order valence-electron chi connectivity index (χ3n) is 4.12. The van der Waals surface area contributed by atoms with E-state index in [0.29, 0.717) is 28.7 Å². The molecule has 0 aliphatic carbocycles. The van der Waals surface area contributed by atoms with Crippen molar-refractivity contribution in [1.82, 2.24) is 10.3 Å². The lowest BCUT2D eigenvalue weighted by Gasteiger charge is -2.26. The minimum absolute atomic E-state index is 0.112. The molecule has 8 heteroatoms. The van der Waals surface area contributed by atoms with Gasteiger partial charge < -0.3 is 10.6 Å². The minimum atomic E-state index is -0.449. The number of nitrogens with one attached hydrogen (secondary N) is 2. The van der Waals surface area contributed by atoms with Gasteiger partial charge in [0.15, 0.2) is 5.13 Å². The van der Waals surface area contributed by atoms with Crippen molar-refractivity contribution in [3.8, 4) is 0 Å². The van der Waals surface area contributed by atoms with Crippen LogP contribution >= 0.6 is 34.3 Å². The zero-order valence-corrected chi connectivity index (χ0v) is 18.6. The van der Waals surface area contributed by atoms with E-state index in [1.165, 1.54) is 11.3 Å². The number of rotatable bonds is 8. The van der Waals surface area contributed by atoms with E-state index in [4.69, 9.17) is 11.6 Å². The van der Waals surface area contributed by atoms with Gasteiger partial charge in [-0.25, -0.2) is 4.98 Å². The number of carbonyl (C=O) groups is 2. The molecule has 2 N–H and O–H groups in total. The van der Waals surface area contributed by atoms with E-state index in [1.807, 2.05) is 55.6 Å². The van der Waals surface area contributed by atoms with E-state index < -0.39 is 5.54 Å². The molecule has 0 unspecified atom stereocenters. The molecule has 0 radical (unpaired) electrons. The number of halogens is 1. The van der Waals surface area contributed by atoms with Gasteiger partial charge in [0, 0.05) is 20.8 Å². The monoisotopic (exact) mass is 447 g/mol. The molecule has 0 fully saturated rings. The van der Waals surface area contributed by atoms with Crippen LogP contribution in [0.5, 0.6) is 0 Å². The second kappa shape index (κ2) is 9.52. The zero-order valence-electron chi connectivity index (χ0n) is 16.2. The number of hydrogen-bond donors (Lipinski definition) is 2. The molecule has 152 valence electrons. The Morgan fingerprint density at radius 3 is 2.59 bits per heavy atom. The molecule has 2 aromatic heterocycles.